The summed E-state index contributed by atoms with van der Waals surface area (Å²) >= 11 is 11.9. The standard InChI is InChI=1S/C16H18Cl2N2O/c1-16(2,3)20-10-11-9-19-7-6-15(11)21-12-4-5-13(17)14(18)8-12/h4-9,20H,10H2,1-3H3. The number of aromatic nitrogens is 1. The molecule has 0 saturated carbocycles. The van der Waals surface area contributed by atoms with Crippen LogP contribution in [0.25, 0.3) is 0 Å². The lowest BCUT2D eigenvalue weighted by Crippen LogP contribution is -2.35. The fraction of sp³-hybridized carbons (Fsp3) is 0.312. The predicted molar refractivity (Wildman–Crippen MR) is 87.4 cm³/mol. The summed E-state index contributed by atoms with van der Waals surface area (Å²) in [5, 5.41) is 4.40. The van der Waals surface area contributed by atoms with Gasteiger partial charge in [-0.25, -0.2) is 0 Å². The van der Waals surface area contributed by atoms with Crippen LogP contribution in [-0.2, 0) is 6.54 Å². The van der Waals surface area contributed by atoms with Gasteiger partial charge >= 0.3 is 0 Å². The van der Waals surface area contributed by atoms with Gasteiger partial charge in [-0.3, -0.25) is 4.98 Å². The molecule has 1 aromatic carbocycles. The van der Waals surface area contributed by atoms with Crippen molar-refractivity contribution in [3.8, 4) is 11.5 Å². The summed E-state index contributed by atoms with van der Waals surface area (Å²) in [5.41, 5.74) is 1.01. The normalized spacial score (nSPS) is 11.5. The minimum atomic E-state index is 0.0245. The zero-order valence-electron chi connectivity index (χ0n) is 12.3. The lowest BCUT2D eigenvalue weighted by molar-refractivity contribution is 0.413. The molecule has 0 saturated heterocycles. The topological polar surface area (TPSA) is 34.2 Å². The van der Waals surface area contributed by atoms with Crippen molar-refractivity contribution in [1.29, 1.82) is 0 Å². The zero-order valence-corrected chi connectivity index (χ0v) is 13.8. The van der Waals surface area contributed by atoms with E-state index in [0.717, 1.165) is 11.3 Å². The number of nitrogens with zero attached hydrogens (tertiary/aromatic N) is 1. The zero-order chi connectivity index (χ0) is 15.5. The number of halogens is 2. The van der Waals surface area contributed by atoms with Crippen molar-refractivity contribution in [3.63, 3.8) is 0 Å². The van der Waals surface area contributed by atoms with Crippen LogP contribution in [-0.4, -0.2) is 10.5 Å². The molecule has 1 heterocycles. The van der Waals surface area contributed by atoms with E-state index in [1.165, 1.54) is 0 Å². The molecule has 112 valence electrons. The van der Waals surface area contributed by atoms with Gasteiger partial charge in [0.2, 0.25) is 0 Å². The Labute approximate surface area is 135 Å². The van der Waals surface area contributed by atoms with Crippen molar-refractivity contribution in [1.82, 2.24) is 10.3 Å². The van der Waals surface area contributed by atoms with Crippen molar-refractivity contribution in [2.45, 2.75) is 32.9 Å². The quantitative estimate of drug-likeness (QED) is 0.852. The second-order valence-corrected chi connectivity index (χ2v) is 6.58. The van der Waals surface area contributed by atoms with E-state index in [1.807, 2.05) is 6.07 Å². The number of pyridine rings is 1. The van der Waals surface area contributed by atoms with Gasteiger partial charge in [0, 0.05) is 36.1 Å². The Bertz CT molecular complexity index is 624. The van der Waals surface area contributed by atoms with Gasteiger partial charge in [-0.2, -0.15) is 0 Å². The molecule has 5 heteroatoms. The third-order valence-electron chi connectivity index (χ3n) is 2.79. The van der Waals surface area contributed by atoms with Gasteiger partial charge in [0.05, 0.1) is 10.0 Å². The molecule has 2 rings (SSSR count). The molecule has 0 radical (unpaired) electrons. The molecule has 0 spiro atoms. The first-order chi connectivity index (χ1) is 9.85. The van der Waals surface area contributed by atoms with Crippen molar-refractivity contribution < 1.29 is 4.74 Å². The molecule has 2 aromatic rings. The number of rotatable bonds is 4. The number of ether oxygens (including phenoxy) is 1. The highest BCUT2D eigenvalue weighted by molar-refractivity contribution is 6.42. The average Bonchev–Trinajstić information content (AvgIpc) is 2.41. The van der Waals surface area contributed by atoms with E-state index < -0.39 is 0 Å². The molecule has 0 amide bonds. The molecule has 1 aromatic heterocycles. The van der Waals surface area contributed by atoms with E-state index in [1.54, 1.807) is 30.6 Å². The van der Waals surface area contributed by atoms with Gasteiger partial charge in [0.25, 0.3) is 0 Å². The Kier molecular flexibility index (Phi) is 5.09. The SMILES string of the molecule is CC(C)(C)NCc1cnccc1Oc1ccc(Cl)c(Cl)c1. The van der Waals surface area contributed by atoms with E-state index in [-0.39, 0.29) is 5.54 Å². The van der Waals surface area contributed by atoms with E-state index in [0.29, 0.717) is 22.3 Å². The first-order valence-corrected chi connectivity index (χ1v) is 7.41. The molecule has 0 unspecified atom stereocenters. The molecule has 0 aliphatic carbocycles. The molecule has 0 aliphatic heterocycles. The molecule has 1 N–H and O–H groups in total. The molecule has 0 fully saturated rings. The van der Waals surface area contributed by atoms with Crippen LogP contribution in [0.2, 0.25) is 10.0 Å². The summed E-state index contributed by atoms with van der Waals surface area (Å²) in [7, 11) is 0. The lowest BCUT2D eigenvalue weighted by Gasteiger charge is -2.21. The summed E-state index contributed by atoms with van der Waals surface area (Å²) in [4.78, 5) is 4.15. The fourth-order valence-corrected chi connectivity index (χ4v) is 1.96. The third-order valence-corrected chi connectivity index (χ3v) is 3.53. The molecule has 0 bridgehead atoms. The molecule has 3 nitrogen and oxygen atoms in total. The second-order valence-electron chi connectivity index (χ2n) is 5.76. The minimum Gasteiger partial charge on any atom is -0.457 e. The van der Waals surface area contributed by atoms with Gasteiger partial charge in [0.15, 0.2) is 0 Å². The lowest BCUT2D eigenvalue weighted by atomic mass is 10.1. The van der Waals surface area contributed by atoms with Gasteiger partial charge in [-0.05, 0) is 39.0 Å². The second kappa shape index (κ2) is 6.65. The largest absolute Gasteiger partial charge is 0.457 e. The van der Waals surface area contributed by atoms with Crippen LogP contribution in [0.1, 0.15) is 26.3 Å². The van der Waals surface area contributed by atoms with Crippen molar-refractivity contribution in [2.75, 3.05) is 0 Å². The smallest absolute Gasteiger partial charge is 0.134 e. The maximum Gasteiger partial charge on any atom is 0.134 e. The van der Waals surface area contributed by atoms with Crippen LogP contribution < -0.4 is 10.1 Å². The maximum atomic E-state index is 6.00. The van der Waals surface area contributed by atoms with Crippen molar-refractivity contribution >= 4 is 23.2 Å². The predicted octanol–water partition coefficient (Wildman–Crippen LogP) is 5.07. The van der Waals surface area contributed by atoms with Crippen LogP contribution in [0, 0.1) is 0 Å². The van der Waals surface area contributed by atoms with Crippen LogP contribution in [0.3, 0.4) is 0 Å². The highest BCUT2D eigenvalue weighted by Crippen LogP contribution is 2.30. The summed E-state index contributed by atoms with van der Waals surface area (Å²) in [6.07, 6.45) is 3.50. The molecule has 0 aliphatic rings. The average molecular weight is 325 g/mol. The number of benzene rings is 1. The Morgan fingerprint density at radius 3 is 2.57 bits per heavy atom. The Morgan fingerprint density at radius 1 is 1.14 bits per heavy atom. The summed E-state index contributed by atoms with van der Waals surface area (Å²) in [6.45, 7) is 7.02. The molecular formula is C16H18Cl2N2O. The van der Waals surface area contributed by atoms with Crippen LogP contribution in [0.5, 0.6) is 11.5 Å². The van der Waals surface area contributed by atoms with Crippen LogP contribution >= 0.6 is 23.2 Å². The Hall–Kier alpha value is -1.29. The summed E-state index contributed by atoms with van der Waals surface area (Å²) in [6, 6.07) is 7.04. The highest BCUT2D eigenvalue weighted by Gasteiger charge is 2.12. The van der Waals surface area contributed by atoms with E-state index in [2.05, 4.69) is 31.1 Å². The monoisotopic (exact) mass is 324 g/mol. The van der Waals surface area contributed by atoms with Crippen molar-refractivity contribution in [2.24, 2.45) is 0 Å². The van der Waals surface area contributed by atoms with E-state index in [4.69, 9.17) is 27.9 Å². The van der Waals surface area contributed by atoms with E-state index >= 15 is 0 Å². The summed E-state index contributed by atoms with van der Waals surface area (Å²) in [5.74, 6) is 1.40. The minimum absolute atomic E-state index is 0.0245. The maximum absolute atomic E-state index is 6.00. The van der Waals surface area contributed by atoms with E-state index in [9.17, 15) is 0 Å². The van der Waals surface area contributed by atoms with Gasteiger partial charge in [0.1, 0.15) is 11.5 Å². The fourth-order valence-electron chi connectivity index (χ4n) is 1.67. The first kappa shape index (κ1) is 16.1. The summed E-state index contributed by atoms with van der Waals surface area (Å²) < 4.78 is 5.89. The number of nitrogens with one attached hydrogen (secondary N) is 1. The van der Waals surface area contributed by atoms with Crippen molar-refractivity contribution in [3.05, 3.63) is 52.3 Å². The number of hydrogen-bond acceptors (Lipinski definition) is 3. The van der Waals surface area contributed by atoms with Crippen LogP contribution in [0.15, 0.2) is 36.7 Å². The number of hydrogen-bond donors (Lipinski definition) is 1. The van der Waals surface area contributed by atoms with Gasteiger partial charge in [-0.1, -0.05) is 23.2 Å². The van der Waals surface area contributed by atoms with Gasteiger partial charge in [-0.15, -0.1) is 0 Å². The third kappa shape index (κ3) is 4.88. The Morgan fingerprint density at radius 2 is 1.90 bits per heavy atom. The van der Waals surface area contributed by atoms with Crippen LogP contribution in [0.4, 0.5) is 0 Å². The molecule has 0 atom stereocenters. The molecule has 21 heavy (non-hydrogen) atoms. The molecular weight excluding hydrogens is 307 g/mol. The Balaban J connectivity index is 2.17. The highest BCUT2D eigenvalue weighted by atomic mass is 35.5. The van der Waals surface area contributed by atoms with Gasteiger partial charge < -0.3 is 10.1 Å². The first-order valence-electron chi connectivity index (χ1n) is 6.66.